The molecule has 0 aromatic heterocycles. The van der Waals surface area contributed by atoms with E-state index >= 15 is 0 Å². The van der Waals surface area contributed by atoms with Crippen molar-refractivity contribution < 1.29 is 19.1 Å². The van der Waals surface area contributed by atoms with E-state index in [2.05, 4.69) is 21.4 Å². The van der Waals surface area contributed by atoms with Crippen molar-refractivity contribution in [2.24, 2.45) is 0 Å². The van der Waals surface area contributed by atoms with Gasteiger partial charge in [0.25, 0.3) is 11.8 Å². The molecule has 30 heavy (non-hydrogen) atoms. The monoisotopic (exact) mass is 526 g/mol. The third-order valence-corrected chi connectivity index (χ3v) is 6.09. The number of benzene rings is 2. The van der Waals surface area contributed by atoms with Crippen LogP contribution in [0.4, 0.5) is 0 Å². The van der Waals surface area contributed by atoms with Crippen LogP contribution in [0.5, 0.6) is 11.5 Å². The second kappa shape index (κ2) is 9.82. The van der Waals surface area contributed by atoms with Gasteiger partial charge in [-0.1, -0.05) is 23.4 Å². The number of amides is 2. The smallest absolute Gasteiger partial charge is 0.285 e. The maximum atomic E-state index is 12.8. The van der Waals surface area contributed by atoms with Crippen molar-refractivity contribution in [2.75, 3.05) is 13.7 Å². The molecule has 0 unspecified atom stereocenters. The molecule has 6 nitrogen and oxygen atoms in total. The van der Waals surface area contributed by atoms with E-state index in [9.17, 15) is 9.59 Å². The van der Waals surface area contributed by atoms with E-state index in [1.165, 1.54) is 0 Å². The van der Waals surface area contributed by atoms with Gasteiger partial charge < -0.3 is 9.47 Å². The van der Waals surface area contributed by atoms with Gasteiger partial charge in [0.15, 0.2) is 15.8 Å². The lowest BCUT2D eigenvalue weighted by molar-refractivity contribution is -0.123. The molecule has 1 aliphatic rings. The van der Waals surface area contributed by atoms with Gasteiger partial charge in [-0.2, -0.15) is 5.01 Å². The van der Waals surface area contributed by atoms with E-state index in [-0.39, 0.29) is 4.32 Å². The van der Waals surface area contributed by atoms with Gasteiger partial charge in [0.1, 0.15) is 0 Å². The number of carbonyl (C=O) groups excluding carboxylic acids is 2. The number of nitrogens with zero attached hydrogens (tertiary/aromatic N) is 1. The Labute approximate surface area is 196 Å². The molecular formula is C20H16BrClN2O4S2. The van der Waals surface area contributed by atoms with Crippen LogP contribution in [-0.4, -0.2) is 34.9 Å². The molecule has 1 heterocycles. The zero-order valence-corrected chi connectivity index (χ0v) is 19.9. The summed E-state index contributed by atoms with van der Waals surface area (Å²) in [5.41, 5.74) is 3.61. The van der Waals surface area contributed by atoms with Crippen molar-refractivity contribution in [3.63, 3.8) is 0 Å². The van der Waals surface area contributed by atoms with Gasteiger partial charge in [-0.25, -0.2) is 0 Å². The summed E-state index contributed by atoms with van der Waals surface area (Å²) < 4.78 is 11.9. The van der Waals surface area contributed by atoms with Crippen molar-refractivity contribution in [3.8, 4) is 11.5 Å². The van der Waals surface area contributed by atoms with E-state index in [1.54, 1.807) is 43.5 Å². The Morgan fingerprint density at radius 1 is 1.33 bits per heavy atom. The fourth-order valence-corrected chi connectivity index (χ4v) is 4.47. The first-order valence-electron chi connectivity index (χ1n) is 8.69. The Bertz CT molecular complexity index is 1040. The SMILES string of the molecule is CCOc1c(Br)cc(/C=C2/SC(=S)N(NC(=O)c3ccc(Cl)cc3)C2=O)cc1OC. The lowest BCUT2D eigenvalue weighted by atomic mass is 10.2. The third-order valence-electron chi connectivity index (χ3n) is 3.95. The van der Waals surface area contributed by atoms with Crippen molar-refractivity contribution in [3.05, 3.63) is 61.9 Å². The molecule has 0 aliphatic carbocycles. The number of methoxy groups -OCH3 is 1. The Morgan fingerprint density at radius 3 is 2.67 bits per heavy atom. The number of ether oxygens (including phenoxy) is 2. The van der Waals surface area contributed by atoms with Gasteiger partial charge in [-0.3, -0.25) is 15.0 Å². The number of thioether (sulfide) groups is 1. The second-order valence-electron chi connectivity index (χ2n) is 5.93. The zero-order valence-electron chi connectivity index (χ0n) is 15.9. The summed E-state index contributed by atoms with van der Waals surface area (Å²) in [5, 5.41) is 1.57. The molecule has 1 saturated heterocycles. The van der Waals surface area contributed by atoms with Gasteiger partial charge in [0.2, 0.25) is 0 Å². The zero-order chi connectivity index (χ0) is 21.8. The first-order valence-corrected chi connectivity index (χ1v) is 11.1. The van der Waals surface area contributed by atoms with Crippen LogP contribution in [0, 0.1) is 0 Å². The minimum absolute atomic E-state index is 0.227. The molecule has 1 fully saturated rings. The second-order valence-corrected chi connectivity index (χ2v) is 8.90. The first-order chi connectivity index (χ1) is 14.3. The number of carbonyl (C=O) groups is 2. The van der Waals surface area contributed by atoms with E-state index in [0.29, 0.717) is 43.6 Å². The van der Waals surface area contributed by atoms with Crippen LogP contribution in [0.15, 0.2) is 45.8 Å². The van der Waals surface area contributed by atoms with Gasteiger partial charge >= 0.3 is 0 Å². The largest absolute Gasteiger partial charge is 0.493 e. The normalized spacial score (nSPS) is 14.9. The summed E-state index contributed by atoms with van der Waals surface area (Å²) in [5.74, 6) is 0.231. The molecule has 156 valence electrons. The molecule has 10 heteroatoms. The van der Waals surface area contributed by atoms with Crippen LogP contribution in [0.2, 0.25) is 5.02 Å². The van der Waals surface area contributed by atoms with Crippen LogP contribution in [0.25, 0.3) is 6.08 Å². The highest BCUT2D eigenvalue weighted by Gasteiger charge is 2.34. The highest BCUT2D eigenvalue weighted by molar-refractivity contribution is 9.10. The lowest BCUT2D eigenvalue weighted by Crippen LogP contribution is -2.44. The van der Waals surface area contributed by atoms with Crippen LogP contribution in [0.1, 0.15) is 22.8 Å². The van der Waals surface area contributed by atoms with Gasteiger partial charge in [-0.15, -0.1) is 0 Å². The maximum Gasteiger partial charge on any atom is 0.285 e. The van der Waals surface area contributed by atoms with Gasteiger partial charge in [-0.05, 0) is 83.1 Å². The van der Waals surface area contributed by atoms with Crippen LogP contribution in [-0.2, 0) is 4.79 Å². The van der Waals surface area contributed by atoms with Crippen molar-refractivity contribution in [1.29, 1.82) is 0 Å². The first kappa shape index (κ1) is 22.6. The highest BCUT2D eigenvalue weighted by Crippen LogP contribution is 2.39. The Kier molecular flexibility index (Phi) is 7.41. The predicted molar refractivity (Wildman–Crippen MR) is 126 cm³/mol. The standard InChI is InChI=1S/C20H16BrClN2O4S2/c1-3-28-17-14(21)8-11(9-15(17)27-2)10-16-19(26)24(20(29)30-16)23-18(25)12-4-6-13(22)7-5-12/h4-10H,3H2,1-2H3,(H,23,25)/b16-10+. The molecule has 0 atom stereocenters. The molecule has 0 saturated carbocycles. The number of thiocarbonyl (C=S) groups is 1. The minimum atomic E-state index is -0.463. The Hall–Kier alpha value is -2.07. The quantitative estimate of drug-likeness (QED) is 0.419. The molecular weight excluding hydrogens is 512 g/mol. The van der Waals surface area contributed by atoms with Crippen LogP contribution in [0.3, 0.4) is 0 Å². The number of nitrogens with one attached hydrogen (secondary N) is 1. The Balaban J connectivity index is 1.82. The summed E-state index contributed by atoms with van der Waals surface area (Å²) in [6, 6.07) is 9.89. The van der Waals surface area contributed by atoms with E-state index in [0.717, 1.165) is 16.8 Å². The predicted octanol–water partition coefficient (Wildman–Crippen LogP) is 5.06. The van der Waals surface area contributed by atoms with E-state index < -0.39 is 11.8 Å². The molecule has 2 amide bonds. The van der Waals surface area contributed by atoms with Gasteiger partial charge in [0.05, 0.1) is 23.1 Å². The summed E-state index contributed by atoms with van der Waals surface area (Å²) in [7, 11) is 1.54. The number of hydrazine groups is 1. The summed E-state index contributed by atoms with van der Waals surface area (Å²) >= 11 is 15.7. The number of halogens is 2. The highest BCUT2D eigenvalue weighted by atomic mass is 79.9. The molecule has 2 aromatic carbocycles. The Morgan fingerprint density at radius 2 is 2.03 bits per heavy atom. The average Bonchev–Trinajstić information content (AvgIpc) is 2.97. The molecule has 1 aliphatic heterocycles. The molecule has 2 aromatic rings. The van der Waals surface area contributed by atoms with Gasteiger partial charge in [0, 0.05) is 10.6 Å². The van der Waals surface area contributed by atoms with Crippen molar-refractivity contribution in [1.82, 2.24) is 10.4 Å². The van der Waals surface area contributed by atoms with E-state index in [1.807, 2.05) is 13.0 Å². The molecule has 3 rings (SSSR count). The maximum absolute atomic E-state index is 12.8. The van der Waals surface area contributed by atoms with E-state index in [4.69, 9.17) is 33.3 Å². The fourth-order valence-electron chi connectivity index (χ4n) is 2.59. The molecule has 0 bridgehead atoms. The van der Waals surface area contributed by atoms with Crippen LogP contribution < -0.4 is 14.9 Å². The summed E-state index contributed by atoms with van der Waals surface area (Å²) in [4.78, 5) is 25.6. The van der Waals surface area contributed by atoms with Crippen molar-refractivity contribution in [2.45, 2.75) is 6.92 Å². The number of rotatable bonds is 6. The third kappa shape index (κ3) is 4.97. The molecule has 1 N–H and O–H groups in total. The summed E-state index contributed by atoms with van der Waals surface area (Å²) in [6.07, 6.45) is 1.68. The number of hydrogen-bond acceptors (Lipinski definition) is 6. The fraction of sp³-hybridized carbons (Fsp3) is 0.150. The average molecular weight is 528 g/mol. The van der Waals surface area contributed by atoms with Crippen LogP contribution >= 0.6 is 51.5 Å². The topological polar surface area (TPSA) is 67.9 Å². The lowest BCUT2D eigenvalue weighted by Gasteiger charge is -2.15. The summed E-state index contributed by atoms with van der Waals surface area (Å²) in [6.45, 7) is 2.36. The minimum Gasteiger partial charge on any atom is -0.493 e. The molecule has 0 spiro atoms. The number of hydrogen-bond donors (Lipinski definition) is 1. The molecule has 0 radical (unpaired) electrons. The van der Waals surface area contributed by atoms with Crippen molar-refractivity contribution >= 4 is 73.7 Å².